The van der Waals surface area contributed by atoms with Crippen LogP contribution in [0.25, 0.3) is 21.6 Å². The van der Waals surface area contributed by atoms with Gasteiger partial charge in [-0.1, -0.05) is 53.6 Å². The standard InChI is InChI=1S/C18H18N4O2/c1-12(10-20-22-19)21-18(23)24-11-17-15-8-4-2-6-13(15)14-7-3-5-9-16(14)17/h2-9,12,17H,10-11H2,1H3,(H,21,23)/t12-/m1/s1. The summed E-state index contributed by atoms with van der Waals surface area (Å²) in [5, 5.41) is 6.09. The zero-order chi connectivity index (χ0) is 16.9. The molecule has 0 spiro atoms. The molecule has 6 heteroatoms. The molecule has 1 aliphatic carbocycles. The average molecular weight is 322 g/mol. The Balaban J connectivity index is 1.69. The summed E-state index contributed by atoms with van der Waals surface area (Å²) in [6, 6.07) is 16.1. The molecule has 3 rings (SSSR count). The number of amides is 1. The van der Waals surface area contributed by atoms with E-state index in [1.165, 1.54) is 22.3 Å². The van der Waals surface area contributed by atoms with Gasteiger partial charge in [-0.3, -0.25) is 0 Å². The summed E-state index contributed by atoms with van der Waals surface area (Å²) in [5.74, 6) is 0.0376. The third-order valence-electron chi connectivity index (χ3n) is 4.13. The van der Waals surface area contributed by atoms with Crippen LogP contribution < -0.4 is 5.32 Å². The maximum Gasteiger partial charge on any atom is 0.407 e. The Morgan fingerprint density at radius 3 is 2.38 bits per heavy atom. The summed E-state index contributed by atoms with van der Waals surface area (Å²) in [7, 11) is 0. The lowest BCUT2D eigenvalue weighted by molar-refractivity contribution is 0.140. The van der Waals surface area contributed by atoms with Gasteiger partial charge in [0.1, 0.15) is 6.61 Å². The van der Waals surface area contributed by atoms with E-state index in [-0.39, 0.29) is 25.1 Å². The molecule has 1 atom stereocenters. The predicted octanol–water partition coefficient (Wildman–Crippen LogP) is 4.22. The first-order chi connectivity index (χ1) is 11.7. The Morgan fingerprint density at radius 2 is 1.79 bits per heavy atom. The van der Waals surface area contributed by atoms with Crippen molar-refractivity contribution in [3.63, 3.8) is 0 Å². The molecule has 24 heavy (non-hydrogen) atoms. The largest absolute Gasteiger partial charge is 0.449 e. The molecule has 122 valence electrons. The van der Waals surface area contributed by atoms with Crippen molar-refractivity contribution >= 4 is 6.09 Å². The molecule has 0 saturated heterocycles. The van der Waals surface area contributed by atoms with Crippen molar-refractivity contribution in [3.8, 4) is 11.1 Å². The number of fused-ring (bicyclic) bond motifs is 3. The maximum absolute atomic E-state index is 11.9. The summed E-state index contributed by atoms with van der Waals surface area (Å²) in [6.07, 6.45) is -0.502. The highest BCUT2D eigenvalue weighted by Gasteiger charge is 2.29. The van der Waals surface area contributed by atoms with Gasteiger partial charge in [-0.25, -0.2) is 4.79 Å². The molecule has 0 radical (unpaired) electrons. The number of alkyl carbamates (subject to hydrolysis) is 1. The van der Waals surface area contributed by atoms with Crippen LogP contribution in [-0.2, 0) is 4.74 Å². The lowest BCUT2D eigenvalue weighted by Gasteiger charge is -2.16. The highest BCUT2D eigenvalue weighted by molar-refractivity contribution is 5.79. The fraction of sp³-hybridized carbons (Fsp3) is 0.278. The molecule has 0 heterocycles. The molecule has 2 aromatic rings. The Labute approximate surface area is 140 Å². The van der Waals surface area contributed by atoms with Crippen molar-refractivity contribution < 1.29 is 9.53 Å². The van der Waals surface area contributed by atoms with Crippen LogP contribution in [0.1, 0.15) is 24.0 Å². The number of ether oxygens (including phenoxy) is 1. The topological polar surface area (TPSA) is 87.1 Å². The van der Waals surface area contributed by atoms with E-state index in [1.54, 1.807) is 6.92 Å². The maximum atomic E-state index is 11.9. The van der Waals surface area contributed by atoms with Crippen LogP contribution in [0.15, 0.2) is 53.6 Å². The van der Waals surface area contributed by atoms with Crippen LogP contribution in [0.2, 0.25) is 0 Å². The molecular formula is C18H18N4O2. The summed E-state index contributed by atoms with van der Waals surface area (Å²) in [4.78, 5) is 14.6. The molecule has 1 aliphatic rings. The molecular weight excluding hydrogens is 304 g/mol. The van der Waals surface area contributed by atoms with Crippen molar-refractivity contribution in [1.29, 1.82) is 0 Å². The van der Waals surface area contributed by atoms with Gasteiger partial charge < -0.3 is 10.1 Å². The van der Waals surface area contributed by atoms with Gasteiger partial charge in [0, 0.05) is 23.4 Å². The van der Waals surface area contributed by atoms with Crippen molar-refractivity contribution in [2.45, 2.75) is 18.9 Å². The second-order valence-electron chi connectivity index (χ2n) is 5.78. The first-order valence-electron chi connectivity index (χ1n) is 7.83. The summed E-state index contributed by atoms with van der Waals surface area (Å²) >= 11 is 0. The molecule has 2 aromatic carbocycles. The van der Waals surface area contributed by atoms with Gasteiger partial charge in [-0.2, -0.15) is 0 Å². The second kappa shape index (κ2) is 7.06. The molecule has 0 aliphatic heterocycles. The number of carbonyl (C=O) groups excluding carboxylic acids is 1. The first kappa shape index (κ1) is 15.9. The lowest BCUT2D eigenvalue weighted by atomic mass is 9.98. The fourth-order valence-corrected chi connectivity index (χ4v) is 3.05. The summed E-state index contributed by atoms with van der Waals surface area (Å²) in [5.41, 5.74) is 13.0. The number of nitrogens with zero attached hydrogens (tertiary/aromatic N) is 3. The molecule has 0 bridgehead atoms. The molecule has 1 N–H and O–H groups in total. The third-order valence-corrected chi connectivity index (χ3v) is 4.13. The molecule has 0 unspecified atom stereocenters. The highest BCUT2D eigenvalue weighted by Crippen LogP contribution is 2.44. The van der Waals surface area contributed by atoms with E-state index >= 15 is 0 Å². The van der Waals surface area contributed by atoms with Gasteiger partial charge in [0.05, 0.1) is 0 Å². The third kappa shape index (κ3) is 3.19. The number of nitrogens with one attached hydrogen (secondary N) is 1. The summed E-state index contributed by atoms with van der Waals surface area (Å²) < 4.78 is 5.41. The minimum Gasteiger partial charge on any atom is -0.449 e. The van der Waals surface area contributed by atoms with E-state index in [9.17, 15) is 4.79 Å². The number of hydrogen-bond acceptors (Lipinski definition) is 3. The van der Waals surface area contributed by atoms with Gasteiger partial charge >= 0.3 is 6.09 Å². The van der Waals surface area contributed by atoms with Crippen LogP contribution in [0.4, 0.5) is 4.79 Å². The predicted molar refractivity (Wildman–Crippen MR) is 91.7 cm³/mol. The zero-order valence-corrected chi connectivity index (χ0v) is 13.3. The normalized spacial score (nSPS) is 13.4. The molecule has 1 amide bonds. The molecule has 6 nitrogen and oxygen atoms in total. The van der Waals surface area contributed by atoms with E-state index in [1.807, 2.05) is 24.3 Å². The van der Waals surface area contributed by atoms with Gasteiger partial charge in [0.15, 0.2) is 0 Å². The zero-order valence-electron chi connectivity index (χ0n) is 13.3. The van der Waals surface area contributed by atoms with E-state index < -0.39 is 6.09 Å². The number of benzene rings is 2. The molecule has 0 saturated carbocycles. The van der Waals surface area contributed by atoms with Crippen LogP contribution >= 0.6 is 0 Å². The average Bonchev–Trinajstić information content (AvgIpc) is 2.92. The molecule has 0 aromatic heterocycles. The minimum absolute atomic E-state index is 0.0376. The minimum atomic E-state index is -0.502. The van der Waals surface area contributed by atoms with E-state index in [2.05, 4.69) is 39.6 Å². The van der Waals surface area contributed by atoms with E-state index in [0.717, 1.165) is 0 Å². The monoisotopic (exact) mass is 322 g/mol. The van der Waals surface area contributed by atoms with Crippen molar-refractivity contribution in [2.24, 2.45) is 5.11 Å². The first-order valence-corrected chi connectivity index (χ1v) is 7.83. The second-order valence-corrected chi connectivity index (χ2v) is 5.78. The van der Waals surface area contributed by atoms with Crippen molar-refractivity contribution in [2.75, 3.05) is 13.2 Å². The Hall–Kier alpha value is -2.98. The van der Waals surface area contributed by atoms with Crippen LogP contribution in [-0.4, -0.2) is 25.3 Å². The fourth-order valence-electron chi connectivity index (χ4n) is 3.05. The smallest absolute Gasteiger partial charge is 0.407 e. The Morgan fingerprint density at radius 1 is 1.21 bits per heavy atom. The van der Waals surface area contributed by atoms with Gasteiger partial charge in [0.2, 0.25) is 0 Å². The van der Waals surface area contributed by atoms with E-state index in [0.29, 0.717) is 0 Å². The van der Waals surface area contributed by atoms with Crippen LogP contribution in [0.3, 0.4) is 0 Å². The van der Waals surface area contributed by atoms with Gasteiger partial charge in [0.25, 0.3) is 0 Å². The number of carbonyl (C=O) groups is 1. The van der Waals surface area contributed by atoms with Crippen molar-refractivity contribution in [1.82, 2.24) is 5.32 Å². The Bertz CT molecular complexity index is 754. The van der Waals surface area contributed by atoms with Gasteiger partial charge in [-0.05, 0) is 34.7 Å². The van der Waals surface area contributed by atoms with Crippen molar-refractivity contribution in [3.05, 3.63) is 70.1 Å². The van der Waals surface area contributed by atoms with Gasteiger partial charge in [-0.15, -0.1) is 0 Å². The van der Waals surface area contributed by atoms with Crippen LogP contribution in [0.5, 0.6) is 0 Å². The number of rotatable bonds is 5. The highest BCUT2D eigenvalue weighted by atomic mass is 16.5. The Kier molecular flexibility index (Phi) is 4.68. The number of hydrogen-bond donors (Lipinski definition) is 1. The lowest BCUT2D eigenvalue weighted by Crippen LogP contribution is -2.35. The number of azide groups is 1. The SMILES string of the molecule is C[C@H](CN=[N+]=[N-])NC(=O)OCC1c2ccccc2-c2ccccc21. The van der Waals surface area contributed by atoms with Crippen LogP contribution in [0, 0.1) is 0 Å². The molecule has 0 fully saturated rings. The van der Waals surface area contributed by atoms with E-state index in [4.69, 9.17) is 10.3 Å². The quantitative estimate of drug-likeness (QED) is 0.507. The summed E-state index contributed by atoms with van der Waals surface area (Å²) in [6.45, 7) is 2.23.